The van der Waals surface area contributed by atoms with E-state index < -0.39 is 66.7 Å². The first-order valence-corrected chi connectivity index (χ1v) is 13.5. The summed E-state index contributed by atoms with van der Waals surface area (Å²) in [5.74, 6) is -4.84. The highest BCUT2D eigenvalue weighted by Gasteiger charge is 2.24. The molecule has 0 radical (unpaired) electrons. The number of anilines is 3. The Labute approximate surface area is 257 Å². The van der Waals surface area contributed by atoms with E-state index in [1.165, 1.54) is 55.6 Å². The summed E-state index contributed by atoms with van der Waals surface area (Å²) in [6.07, 6.45) is 0. The van der Waals surface area contributed by atoms with Gasteiger partial charge in [0.1, 0.15) is 29.5 Å². The number of amides is 4. The summed E-state index contributed by atoms with van der Waals surface area (Å²) in [6, 6.07) is 13.2. The van der Waals surface area contributed by atoms with Crippen molar-refractivity contribution in [3.63, 3.8) is 0 Å². The summed E-state index contributed by atoms with van der Waals surface area (Å²) in [7, 11) is 1.32. The molecule has 45 heavy (non-hydrogen) atoms. The summed E-state index contributed by atoms with van der Waals surface area (Å²) >= 11 is 0. The van der Waals surface area contributed by atoms with Crippen molar-refractivity contribution in [2.24, 2.45) is 0 Å². The Hall–Kier alpha value is -5.53. The van der Waals surface area contributed by atoms with E-state index >= 15 is 0 Å². The highest BCUT2D eigenvalue weighted by Crippen LogP contribution is 2.23. The average Bonchev–Trinajstić information content (AvgIpc) is 2.96. The number of aromatic carboxylic acids is 1. The van der Waals surface area contributed by atoms with Crippen LogP contribution in [0.2, 0.25) is 0 Å². The molecule has 3 rings (SSSR count). The number of hydrogen-bond acceptors (Lipinski definition) is 7. The molecular formula is C31H32F2N4O8. The number of carboxylic acid groups (broad SMARTS) is 1. The molecule has 0 aromatic heterocycles. The molecule has 0 aliphatic rings. The van der Waals surface area contributed by atoms with Crippen LogP contribution in [0.15, 0.2) is 66.7 Å². The first-order chi connectivity index (χ1) is 21.1. The molecule has 3 aromatic rings. The van der Waals surface area contributed by atoms with Gasteiger partial charge in [-0.05, 0) is 63.2 Å². The summed E-state index contributed by atoms with van der Waals surface area (Å²) in [5, 5.41) is 13.9. The standard InChI is InChI=1S/C31H32F2N4O8/c1-31(2,3)45-28(40)17-37(26(38)16-34-30(43)35-22-8-5-7-19(11-22)29(41)42)23-9-6-10-25(15-23)44-18-27(39)36(4)24-13-20(32)12-21(33)14-24/h5-15H,16-18H2,1-4H3,(H,41,42)(H2,34,35,43). The van der Waals surface area contributed by atoms with Gasteiger partial charge in [-0.3, -0.25) is 19.3 Å². The van der Waals surface area contributed by atoms with Crippen molar-refractivity contribution >= 4 is 46.8 Å². The van der Waals surface area contributed by atoms with E-state index in [1.807, 2.05) is 0 Å². The van der Waals surface area contributed by atoms with Crippen LogP contribution in [0.25, 0.3) is 0 Å². The predicted molar refractivity (Wildman–Crippen MR) is 160 cm³/mol. The molecule has 0 aliphatic heterocycles. The zero-order chi connectivity index (χ0) is 33.3. The fourth-order valence-corrected chi connectivity index (χ4v) is 3.84. The van der Waals surface area contributed by atoms with Crippen molar-refractivity contribution in [3.05, 3.63) is 83.9 Å². The lowest BCUT2D eigenvalue weighted by Gasteiger charge is -2.26. The zero-order valence-electron chi connectivity index (χ0n) is 24.9. The van der Waals surface area contributed by atoms with Gasteiger partial charge >= 0.3 is 18.0 Å². The number of carbonyl (C=O) groups is 5. The molecular weight excluding hydrogens is 594 g/mol. The predicted octanol–water partition coefficient (Wildman–Crippen LogP) is 4.20. The fourth-order valence-electron chi connectivity index (χ4n) is 3.84. The van der Waals surface area contributed by atoms with Gasteiger partial charge in [0.2, 0.25) is 5.91 Å². The number of nitrogens with one attached hydrogen (secondary N) is 2. The third-order valence-electron chi connectivity index (χ3n) is 5.88. The lowest BCUT2D eigenvalue weighted by atomic mass is 10.2. The average molecular weight is 627 g/mol. The van der Waals surface area contributed by atoms with E-state index in [1.54, 1.807) is 20.8 Å². The Morgan fingerprint density at radius 3 is 2.18 bits per heavy atom. The van der Waals surface area contributed by atoms with Crippen LogP contribution in [0.3, 0.4) is 0 Å². The van der Waals surface area contributed by atoms with Crippen LogP contribution >= 0.6 is 0 Å². The third-order valence-corrected chi connectivity index (χ3v) is 5.88. The van der Waals surface area contributed by atoms with Crippen LogP contribution in [0.4, 0.5) is 30.6 Å². The molecule has 0 saturated carbocycles. The lowest BCUT2D eigenvalue weighted by Crippen LogP contribution is -2.45. The van der Waals surface area contributed by atoms with Crippen molar-refractivity contribution in [1.82, 2.24) is 5.32 Å². The number of ether oxygens (including phenoxy) is 2. The van der Waals surface area contributed by atoms with Gasteiger partial charge in [0, 0.05) is 36.2 Å². The minimum Gasteiger partial charge on any atom is -0.484 e. The summed E-state index contributed by atoms with van der Waals surface area (Å²) in [6.45, 7) is 3.35. The number of carboxylic acids is 1. The molecule has 0 aliphatic carbocycles. The first-order valence-electron chi connectivity index (χ1n) is 13.5. The largest absolute Gasteiger partial charge is 0.484 e. The highest BCUT2D eigenvalue weighted by molar-refractivity contribution is 6.01. The van der Waals surface area contributed by atoms with Gasteiger partial charge in [-0.1, -0.05) is 12.1 Å². The van der Waals surface area contributed by atoms with Gasteiger partial charge in [-0.15, -0.1) is 0 Å². The number of halogens is 2. The minimum atomic E-state index is -1.18. The van der Waals surface area contributed by atoms with Crippen LogP contribution in [-0.2, 0) is 19.1 Å². The Morgan fingerprint density at radius 2 is 1.53 bits per heavy atom. The number of likely N-dealkylation sites (N-methyl/N-ethyl adjacent to an activating group) is 1. The molecule has 0 bridgehead atoms. The van der Waals surface area contributed by atoms with Gasteiger partial charge in [0.05, 0.1) is 12.1 Å². The van der Waals surface area contributed by atoms with Gasteiger partial charge in [0.25, 0.3) is 5.91 Å². The number of urea groups is 1. The Balaban J connectivity index is 1.72. The monoisotopic (exact) mass is 626 g/mol. The molecule has 0 heterocycles. The van der Waals surface area contributed by atoms with E-state index in [0.717, 1.165) is 21.9 Å². The molecule has 3 N–H and O–H groups in total. The van der Waals surface area contributed by atoms with E-state index in [4.69, 9.17) is 14.6 Å². The van der Waals surface area contributed by atoms with E-state index in [-0.39, 0.29) is 28.4 Å². The van der Waals surface area contributed by atoms with Crippen molar-refractivity contribution < 1.29 is 47.3 Å². The van der Waals surface area contributed by atoms with Crippen molar-refractivity contribution in [2.45, 2.75) is 26.4 Å². The second kappa shape index (κ2) is 14.8. The molecule has 12 nitrogen and oxygen atoms in total. The van der Waals surface area contributed by atoms with Crippen LogP contribution < -0.4 is 25.2 Å². The Kier molecular flexibility index (Phi) is 11.1. The maximum atomic E-state index is 13.6. The number of nitrogens with zero attached hydrogens (tertiary/aromatic N) is 2. The van der Waals surface area contributed by atoms with Gasteiger partial charge in [-0.25, -0.2) is 18.4 Å². The van der Waals surface area contributed by atoms with Gasteiger partial charge < -0.3 is 30.1 Å². The van der Waals surface area contributed by atoms with Crippen LogP contribution in [0, 0.1) is 11.6 Å². The molecule has 0 unspecified atom stereocenters. The number of rotatable bonds is 11. The minimum absolute atomic E-state index is 0.0184. The molecule has 14 heteroatoms. The van der Waals surface area contributed by atoms with Gasteiger partial charge in [-0.2, -0.15) is 0 Å². The molecule has 4 amide bonds. The number of esters is 1. The second-order valence-corrected chi connectivity index (χ2v) is 10.6. The first kappa shape index (κ1) is 34.0. The Morgan fingerprint density at radius 1 is 0.867 bits per heavy atom. The summed E-state index contributed by atoms with van der Waals surface area (Å²) < 4.78 is 38.1. The second-order valence-electron chi connectivity index (χ2n) is 10.6. The van der Waals surface area contributed by atoms with Crippen LogP contribution in [0.1, 0.15) is 31.1 Å². The highest BCUT2D eigenvalue weighted by atomic mass is 19.1. The lowest BCUT2D eigenvalue weighted by molar-refractivity contribution is -0.153. The topological polar surface area (TPSA) is 155 Å². The number of hydrogen-bond donors (Lipinski definition) is 3. The number of carbonyl (C=O) groups excluding carboxylic acids is 4. The molecule has 0 atom stereocenters. The van der Waals surface area contributed by atoms with Crippen molar-refractivity contribution in [1.29, 1.82) is 0 Å². The normalized spacial score (nSPS) is 10.8. The van der Waals surface area contributed by atoms with Crippen LogP contribution in [0.5, 0.6) is 5.75 Å². The maximum absolute atomic E-state index is 13.6. The molecule has 0 fully saturated rings. The third kappa shape index (κ3) is 10.6. The molecule has 0 saturated heterocycles. The van der Waals surface area contributed by atoms with Crippen molar-refractivity contribution in [3.8, 4) is 5.75 Å². The number of benzene rings is 3. The van der Waals surface area contributed by atoms with E-state index in [9.17, 15) is 32.8 Å². The van der Waals surface area contributed by atoms with Gasteiger partial charge in [0.15, 0.2) is 6.61 Å². The van der Waals surface area contributed by atoms with Crippen LogP contribution in [-0.4, -0.2) is 67.2 Å². The summed E-state index contributed by atoms with van der Waals surface area (Å²) in [5.41, 5.74) is -0.567. The van der Waals surface area contributed by atoms with E-state index in [0.29, 0.717) is 6.07 Å². The Bertz CT molecular complexity index is 1570. The zero-order valence-corrected chi connectivity index (χ0v) is 24.9. The molecule has 3 aromatic carbocycles. The smallest absolute Gasteiger partial charge is 0.335 e. The molecule has 0 spiro atoms. The van der Waals surface area contributed by atoms with E-state index in [2.05, 4.69) is 10.6 Å². The molecule has 238 valence electrons. The fraction of sp³-hybridized carbons (Fsp3) is 0.258. The maximum Gasteiger partial charge on any atom is 0.335 e. The quantitative estimate of drug-likeness (QED) is 0.268. The SMILES string of the molecule is CN(C(=O)COc1cccc(N(CC(=O)OC(C)(C)C)C(=O)CNC(=O)Nc2cccc(C(=O)O)c2)c1)c1cc(F)cc(F)c1. The summed E-state index contributed by atoms with van der Waals surface area (Å²) in [4.78, 5) is 64.2. The van der Waals surface area contributed by atoms with Crippen molar-refractivity contribution in [2.75, 3.05) is 41.9 Å².